The van der Waals surface area contributed by atoms with E-state index in [1.165, 1.54) is 17.0 Å². The Bertz CT molecular complexity index is 1100. The van der Waals surface area contributed by atoms with Crippen molar-refractivity contribution in [2.45, 2.75) is 46.3 Å². The van der Waals surface area contributed by atoms with Crippen LogP contribution in [0.3, 0.4) is 0 Å². The topological polar surface area (TPSA) is 49.9 Å². The van der Waals surface area contributed by atoms with Crippen LogP contribution in [0.5, 0.6) is 5.75 Å². The van der Waals surface area contributed by atoms with E-state index in [-0.39, 0.29) is 30.2 Å². The van der Waals surface area contributed by atoms with Crippen molar-refractivity contribution in [3.05, 3.63) is 87.4 Å². The zero-order chi connectivity index (χ0) is 24.7. The third kappa shape index (κ3) is 6.67. The molecular weight excluding hydrogens is 451 g/mol. The van der Waals surface area contributed by atoms with E-state index in [1.54, 1.807) is 64.6 Å². The highest BCUT2D eigenvalue weighted by Gasteiger charge is 2.26. The van der Waals surface area contributed by atoms with E-state index < -0.39 is 0 Å². The molecule has 34 heavy (non-hydrogen) atoms. The number of ether oxygens (including phenoxy) is 1. The van der Waals surface area contributed by atoms with Gasteiger partial charge in [-0.1, -0.05) is 19.1 Å². The molecule has 0 aliphatic heterocycles. The molecule has 0 spiro atoms. The van der Waals surface area contributed by atoms with E-state index in [1.807, 2.05) is 32.9 Å². The van der Waals surface area contributed by atoms with E-state index in [0.717, 1.165) is 16.9 Å². The summed E-state index contributed by atoms with van der Waals surface area (Å²) in [5.41, 5.74) is 1.34. The maximum Gasteiger partial charge on any atom is 0.254 e. The fourth-order valence-corrected chi connectivity index (χ4v) is 4.50. The lowest BCUT2D eigenvalue weighted by Gasteiger charge is -2.31. The number of nitrogens with zero attached hydrogens (tertiary/aromatic N) is 2. The molecule has 2 amide bonds. The van der Waals surface area contributed by atoms with Gasteiger partial charge in [-0.15, -0.1) is 11.3 Å². The first-order valence-corrected chi connectivity index (χ1v) is 12.1. The van der Waals surface area contributed by atoms with Gasteiger partial charge < -0.3 is 14.5 Å². The van der Waals surface area contributed by atoms with Gasteiger partial charge in [-0.3, -0.25) is 9.59 Å². The monoisotopic (exact) mass is 482 g/mol. The number of hydrogen-bond acceptors (Lipinski definition) is 4. The van der Waals surface area contributed by atoms with Gasteiger partial charge >= 0.3 is 0 Å². The number of carbonyl (C=O) groups is 2. The molecule has 0 aliphatic rings. The molecule has 0 saturated carbocycles. The van der Waals surface area contributed by atoms with Gasteiger partial charge in [-0.25, -0.2) is 4.39 Å². The minimum Gasteiger partial charge on any atom is -0.497 e. The van der Waals surface area contributed by atoms with Crippen molar-refractivity contribution in [1.29, 1.82) is 0 Å². The van der Waals surface area contributed by atoms with Crippen LogP contribution in [-0.2, 0) is 17.9 Å². The highest BCUT2D eigenvalue weighted by molar-refractivity contribution is 7.11. The average Bonchev–Trinajstić information content (AvgIpc) is 3.26. The molecule has 0 fully saturated rings. The third-order valence-electron chi connectivity index (χ3n) is 5.81. The smallest absolute Gasteiger partial charge is 0.254 e. The molecule has 0 radical (unpaired) electrons. The van der Waals surface area contributed by atoms with E-state index in [0.29, 0.717) is 24.4 Å². The van der Waals surface area contributed by atoms with Crippen LogP contribution in [0, 0.1) is 12.7 Å². The quantitative estimate of drug-likeness (QED) is 0.374. The SMILES string of the molecule is CC[C@@H](C)N(CC(=O)N(Cc1ccc(F)cc1)Cc1ccc(C)s1)C(=O)c1ccc(OC)cc1. The molecule has 180 valence electrons. The highest BCUT2D eigenvalue weighted by atomic mass is 32.1. The minimum absolute atomic E-state index is 0.0363. The number of amides is 2. The molecule has 2 aromatic carbocycles. The van der Waals surface area contributed by atoms with Crippen LogP contribution in [0.4, 0.5) is 4.39 Å². The van der Waals surface area contributed by atoms with Gasteiger partial charge in [0.05, 0.1) is 13.7 Å². The number of aryl methyl sites for hydroxylation is 1. The second kappa shape index (κ2) is 11.8. The molecule has 1 aromatic heterocycles. The summed E-state index contributed by atoms with van der Waals surface area (Å²) in [6.07, 6.45) is 0.720. The predicted octanol–water partition coefficient (Wildman–Crippen LogP) is 5.67. The molecule has 0 N–H and O–H groups in total. The average molecular weight is 483 g/mol. The lowest BCUT2D eigenvalue weighted by atomic mass is 10.1. The summed E-state index contributed by atoms with van der Waals surface area (Å²) < 4.78 is 18.6. The number of thiophene rings is 1. The van der Waals surface area contributed by atoms with E-state index in [2.05, 4.69) is 0 Å². The summed E-state index contributed by atoms with van der Waals surface area (Å²) in [6.45, 7) is 6.70. The second-order valence-corrected chi connectivity index (χ2v) is 9.68. The van der Waals surface area contributed by atoms with Gasteiger partial charge in [0.2, 0.25) is 5.91 Å². The Morgan fingerprint density at radius 2 is 1.68 bits per heavy atom. The fourth-order valence-electron chi connectivity index (χ4n) is 3.59. The van der Waals surface area contributed by atoms with Crippen LogP contribution in [0.1, 0.15) is 45.9 Å². The normalized spacial score (nSPS) is 11.7. The van der Waals surface area contributed by atoms with Crippen molar-refractivity contribution < 1.29 is 18.7 Å². The molecule has 1 heterocycles. The van der Waals surface area contributed by atoms with Gasteiger partial charge in [0.25, 0.3) is 5.91 Å². The number of benzene rings is 2. The molecule has 7 heteroatoms. The second-order valence-electron chi connectivity index (χ2n) is 8.31. The van der Waals surface area contributed by atoms with Crippen molar-refractivity contribution >= 4 is 23.2 Å². The van der Waals surface area contributed by atoms with Gasteiger partial charge in [0.1, 0.15) is 18.1 Å². The lowest BCUT2D eigenvalue weighted by Crippen LogP contribution is -2.46. The first kappa shape index (κ1) is 25.4. The Labute approximate surface area is 204 Å². The van der Waals surface area contributed by atoms with Crippen LogP contribution < -0.4 is 4.74 Å². The summed E-state index contributed by atoms with van der Waals surface area (Å²) in [5, 5.41) is 0. The van der Waals surface area contributed by atoms with E-state index in [9.17, 15) is 14.0 Å². The maximum atomic E-state index is 13.5. The Morgan fingerprint density at radius 3 is 2.24 bits per heavy atom. The Hall–Kier alpha value is -3.19. The third-order valence-corrected chi connectivity index (χ3v) is 6.79. The summed E-state index contributed by atoms with van der Waals surface area (Å²) >= 11 is 1.64. The molecule has 0 unspecified atom stereocenters. The van der Waals surface area contributed by atoms with Crippen molar-refractivity contribution in [2.75, 3.05) is 13.7 Å². The van der Waals surface area contributed by atoms with Crippen molar-refractivity contribution in [3.63, 3.8) is 0 Å². The molecule has 3 aromatic rings. The van der Waals surface area contributed by atoms with Crippen LogP contribution in [0.2, 0.25) is 0 Å². The first-order chi connectivity index (χ1) is 16.3. The van der Waals surface area contributed by atoms with Crippen LogP contribution >= 0.6 is 11.3 Å². The maximum absolute atomic E-state index is 13.5. The minimum atomic E-state index is -0.316. The Morgan fingerprint density at radius 1 is 1.00 bits per heavy atom. The van der Waals surface area contributed by atoms with E-state index in [4.69, 9.17) is 4.74 Å². The molecular formula is C27H31FN2O3S. The number of methoxy groups -OCH3 is 1. The number of rotatable bonds is 10. The van der Waals surface area contributed by atoms with Crippen LogP contribution in [-0.4, -0.2) is 41.3 Å². The zero-order valence-electron chi connectivity index (χ0n) is 20.1. The lowest BCUT2D eigenvalue weighted by molar-refractivity contribution is -0.133. The first-order valence-electron chi connectivity index (χ1n) is 11.3. The Balaban J connectivity index is 1.83. The largest absolute Gasteiger partial charge is 0.497 e. The van der Waals surface area contributed by atoms with Crippen LogP contribution in [0.25, 0.3) is 0 Å². The van der Waals surface area contributed by atoms with Gasteiger partial charge in [-0.05, 0) is 74.4 Å². The van der Waals surface area contributed by atoms with Crippen molar-refractivity contribution in [2.24, 2.45) is 0 Å². The predicted molar refractivity (Wildman–Crippen MR) is 133 cm³/mol. The number of carbonyl (C=O) groups excluding carboxylic acids is 2. The molecule has 3 rings (SSSR count). The summed E-state index contributed by atoms with van der Waals surface area (Å²) in [6, 6.07) is 17.0. The van der Waals surface area contributed by atoms with Crippen molar-refractivity contribution in [3.8, 4) is 5.75 Å². The molecule has 0 aliphatic carbocycles. The molecule has 0 bridgehead atoms. The molecule has 5 nitrogen and oxygen atoms in total. The highest BCUT2D eigenvalue weighted by Crippen LogP contribution is 2.20. The Kier molecular flexibility index (Phi) is 8.82. The van der Waals surface area contributed by atoms with Crippen LogP contribution in [0.15, 0.2) is 60.7 Å². The van der Waals surface area contributed by atoms with Gasteiger partial charge in [-0.2, -0.15) is 0 Å². The fraction of sp³-hybridized carbons (Fsp3) is 0.333. The number of halogens is 1. The van der Waals surface area contributed by atoms with E-state index >= 15 is 0 Å². The number of hydrogen-bond donors (Lipinski definition) is 0. The van der Waals surface area contributed by atoms with Gasteiger partial charge in [0, 0.05) is 27.9 Å². The molecule has 1 atom stereocenters. The van der Waals surface area contributed by atoms with Crippen molar-refractivity contribution in [1.82, 2.24) is 9.80 Å². The summed E-state index contributed by atoms with van der Waals surface area (Å²) in [5.74, 6) is -0.000402. The molecule has 0 saturated heterocycles. The zero-order valence-corrected chi connectivity index (χ0v) is 20.9. The standard InChI is InChI=1S/C27H31FN2O3S/c1-5-19(2)30(27(32)22-9-13-24(33-4)14-10-22)18-26(31)29(17-25-15-6-20(3)34-25)16-21-7-11-23(28)12-8-21/h6-15,19H,5,16-18H2,1-4H3/t19-/m1/s1. The summed E-state index contributed by atoms with van der Waals surface area (Å²) in [7, 11) is 1.58. The van der Waals surface area contributed by atoms with Gasteiger partial charge in [0.15, 0.2) is 0 Å². The summed E-state index contributed by atoms with van der Waals surface area (Å²) in [4.78, 5) is 32.5.